The van der Waals surface area contributed by atoms with Crippen LogP contribution in [0.25, 0.3) is 0 Å². The summed E-state index contributed by atoms with van der Waals surface area (Å²) in [6.45, 7) is 6.88. The van der Waals surface area contributed by atoms with Crippen molar-refractivity contribution in [3.05, 3.63) is 47.2 Å². The lowest BCUT2D eigenvalue weighted by Gasteiger charge is -2.26. The lowest BCUT2D eigenvalue weighted by molar-refractivity contribution is 0.0303. The quantitative estimate of drug-likeness (QED) is 0.535. The fraction of sp³-hybridized carbons (Fsp3) is 0.500. The Kier molecular flexibility index (Phi) is 6.67. The monoisotopic (exact) mass is 412 g/mol. The number of rotatable bonds is 6. The molecule has 0 radical (unpaired) electrons. The second-order valence-electron chi connectivity index (χ2n) is 7.44. The van der Waals surface area contributed by atoms with Gasteiger partial charge in [0.15, 0.2) is 5.16 Å². The zero-order valence-electron chi connectivity index (χ0n) is 17.0. The molecule has 29 heavy (non-hydrogen) atoms. The van der Waals surface area contributed by atoms with Crippen molar-refractivity contribution in [2.45, 2.75) is 37.1 Å². The van der Waals surface area contributed by atoms with E-state index in [2.05, 4.69) is 17.9 Å². The lowest BCUT2D eigenvalue weighted by atomic mass is 10.1. The third kappa shape index (κ3) is 5.08. The number of benzene rings is 1. The molecular weight excluding hydrogens is 384 g/mol. The molecule has 2 aliphatic heterocycles. The molecule has 4 rings (SSSR count). The number of thioether (sulfide) groups is 1. The molecule has 2 aromatic rings. The van der Waals surface area contributed by atoms with Crippen LogP contribution in [0.2, 0.25) is 0 Å². The molecule has 0 N–H and O–H groups in total. The molecule has 1 aromatic heterocycles. The van der Waals surface area contributed by atoms with Crippen molar-refractivity contribution in [3.8, 4) is 0 Å². The Morgan fingerprint density at radius 3 is 2.48 bits per heavy atom. The summed E-state index contributed by atoms with van der Waals surface area (Å²) in [7, 11) is 0. The number of carbonyl (C=O) groups is 1. The molecule has 0 atom stereocenters. The largest absolute Gasteiger partial charge is 0.378 e. The Morgan fingerprint density at radius 1 is 1.07 bits per heavy atom. The minimum absolute atomic E-state index is 0.0849. The van der Waals surface area contributed by atoms with Crippen LogP contribution >= 0.6 is 11.8 Å². The SMILES string of the molecule is CCc1cc(N2CCCC2)nc(SCc2ccc(C(=O)N3CCOCC3)cc2)n1. The average molecular weight is 413 g/mol. The fourth-order valence-corrected chi connectivity index (χ4v) is 4.48. The molecule has 0 unspecified atom stereocenters. The van der Waals surface area contributed by atoms with E-state index >= 15 is 0 Å². The van der Waals surface area contributed by atoms with E-state index in [0.29, 0.717) is 26.3 Å². The van der Waals surface area contributed by atoms with Gasteiger partial charge in [-0.2, -0.15) is 0 Å². The Bertz CT molecular complexity index is 831. The zero-order valence-corrected chi connectivity index (χ0v) is 17.8. The highest BCUT2D eigenvalue weighted by Gasteiger charge is 2.18. The lowest BCUT2D eigenvalue weighted by Crippen LogP contribution is -2.40. The Labute approximate surface area is 176 Å². The van der Waals surface area contributed by atoms with Gasteiger partial charge in [0.05, 0.1) is 13.2 Å². The van der Waals surface area contributed by atoms with Crippen LogP contribution in [0.4, 0.5) is 5.82 Å². The first-order valence-electron chi connectivity index (χ1n) is 10.4. The standard InChI is InChI=1S/C22H28N4O2S/c1-2-19-15-20(25-9-3-4-10-25)24-22(23-19)29-16-17-5-7-18(8-6-17)21(27)26-11-13-28-14-12-26/h5-8,15H,2-4,9-14,16H2,1H3. The van der Waals surface area contributed by atoms with Gasteiger partial charge in [-0.15, -0.1) is 0 Å². The van der Waals surface area contributed by atoms with Gasteiger partial charge in [-0.25, -0.2) is 9.97 Å². The maximum Gasteiger partial charge on any atom is 0.254 e. The highest BCUT2D eigenvalue weighted by Crippen LogP contribution is 2.25. The van der Waals surface area contributed by atoms with Crippen LogP contribution < -0.4 is 4.90 Å². The van der Waals surface area contributed by atoms with Gasteiger partial charge < -0.3 is 14.5 Å². The average Bonchev–Trinajstić information content (AvgIpc) is 3.33. The smallest absolute Gasteiger partial charge is 0.254 e. The molecule has 2 saturated heterocycles. The number of morpholine rings is 1. The minimum atomic E-state index is 0.0849. The number of carbonyl (C=O) groups excluding carboxylic acids is 1. The van der Waals surface area contributed by atoms with Gasteiger partial charge in [0.25, 0.3) is 5.91 Å². The van der Waals surface area contributed by atoms with Crippen LogP contribution in [-0.4, -0.2) is 60.2 Å². The van der Waals surface area contributed by atoms with Gasteiger partial charge in [0, 0.05) is 49.3 Å². The zero-order chi connectivity index (χ0) is 20.1. The van der Waals surface area contributed by atoms with E-state index in [1.165, 1.54) is 18.4 Å². The molecule has 0 aliphatic carbocycles. The Hall–Kier alpha value is -2.12. The molecule has 0 saturated carbocycles. The summed E-state index contributed by atoms with van der Waals surface area (Å²) in [5, 5.41) is 0.833. The molecule has 3 heterocycles. The predicted octanol–water partition coefficient (Wildman–Crippen LogP) is 3.40. The number of nitrogens with zero attached hydrogens (tertiary/aromatic N) is 4. The molecule has 0 spiro atoms. The van der Waals surface area contributed by atoms with E-state index in [4.69, 9.17) is 14.7 Å². The summed E-state index contributed by atoms with van der Waals surface area (Å²) in [5.41, 5.74) is 3.00. The summed E-state index contributed by atoms with van der Waals surface area (Å²) in [5.74, 6) is 1.93. The summed E-state index contributed by atoms with van der Waals surface area (Å²) in [6, 6.07) is 10.0. The first kappa shape index (κ1) is 20.2. The Morgan fingerprint density at radius 2 is 1.79 bits per heavy atom. The van der Waals surface area contributed by atoms with E-state index in [1.807, 2.05) is 29.2 Å². The van der Waals surface area contributed by atoms with E-state index in [-0.39, 0.29) is 5.91 Å². The second kappa shape index (κ2) is 9.59. The maximum atomic E-state index is 12.6. The summed E-state index contributed by atoms with van der Waals surface area (Å²) in [4.78, 5) is 26.3. The molecule has 0 bridgehead atoms. The molecule has 6 nitrogen and oxygen atoms in total. The highest BCUT2D eigenvalue weighted by molar-refractivity contribution is 7.98. The third-order valence-corrected chi connectivity index (χ3v) is 6.32. The van der Waals surface area contributed by atoms with Crippen LogP contribution in [0.1, 0.15) is 41.4 Å². The van der Waals surface area contributed by atoms with Gasteiger partial charge >= 0.3 is 0 Å². The number of anilines is 1. The first-order chi connectivity index (χ1) is 14.2. The van der Waals surface area contributed by atoms with Crippen molar-refractivity contribution >= 4 is 23.5 Å². The number of aryl methyl sites for hydroxylation is 1. The van der Waals surface area contributed by atoms with Gasteiger partial charge in [0.1, 0.15) is 5.82 Å². The van der Waals surface area contributed by atoms with Crippen molar-refractivity contribution in [3.63, 3.8) is 0 Å². The summed E-state index contributed by atoms with van der Waals surface area (Å²) >= 11 is 1.66. The van der Waals surface area contributed by atoms with Crippen molar-refractivity contribution in [2.75, 3.05) is 44.3 Å². The molecule has 1 aromatic carbocycles. The van der Waals surface area contributed by atoms with Gasteiger partial charge in [-0.3, -0.25) is 4.79 Å². The van der Waals surface area contributed by atoms with E-state index in [1.54, 1.807) is 11.8 Å². The van der Waals surface area contributed by atoms with Crippen LogP contribution in [0.5, 0.6) is 0 Å². The van der Waals surface area contributed by atoms with E-state index in [9.17, 15) is 4.79 Å². The Balaban J connectivity index is 1.39. The molecular formula is C22H28N4O2S. The minimum Gasteiger partial charge on any atom is -0.378 e. The van der Waals surface area contributed by atoms with Crippen LogP contribution in [0.15, 0.2) is 35.5 Å². The normalized spacial score (nSPS) is 17.0. The van der Waals surface area contributed by atoms with Gasteiger partial charge in [-0.05, 0) is 37.0 Å². The van der Waals surface area contributed by atoms with Crippen molar-refractivity contribution < 1.29 is 9.53 Å². The third-order valence-electron chi connectivity index (χ3n) is 5.40. The van der Waals surface area contributed by atoms with E-state index < -0.39 is 0 Å². The number of hydrogen-bond acceptors (Lipinski definition) is 6. The highest BCUT2D eigenvalue weighted by atomic mass is 32.2. The van der Waals surface area contributed by atoms with Crippen molar-refractivity contribution in [2.24, 2.45) is 0 Å². The molecule has 7 heteroatoms. The number of ether oxygens (including phenoxy) is 1. The van der Waals surface area contributed by atoms with Crippen molar-refractivity contribution in [1.29, 1.82) is 0 Å². The number of aromatic nitrogens is 2. The predicted molar refractivity (Wildman–Crippen MR) is 116 cm³/mol. The maximum absolute atomic E-state index is 12.6. The fourth-order valence-electron chi connectivity index (χ4n) is 3.65. The van der Waals surface area contributed by atoms with Crippen LogP contribution in [0, 0.1) is 0 Å². The summed E-state index contributed by atoms with van der Waals surface area (Å²) < 4.78 is 5.32. The molecule has 1 amide bonds. The van der Waals surface area contributed by atoms with Crippen molar-refractivity contribution in [1.82, 2.24) is 14.9 Å². The number of amides is 1. The summed E-state index contributed by atoms with van der Waals surface area (Å²) in [6.07, 6.45) is 3.39. The van der Waals surface area contributed by atoms with Gasteiger partial charge in [-0.1, -0.05) is 30.8 Å². The first-order valence-corrected chi connectivity index (χ1v) is 11.4. The van der Waals surface area contributed by atoms with Crippen LogP contribution in [0.3, 0.4) is 0 Å². The molecule has 154 valence electrons. The topological polar surface area (TPSA) is 58.6 Å². The van der Waals surface area contributed by atoms with E-state index in [0.717, 1.165) is 47.5 Å². The molecule has 2 fully saturated rings. The van der Waals surface area contributed by atoms with Gasteiger partial charge in [0.2, 0.25) is 0 Å². The second-order valence-corrected chi connectivity index (χ2v) is 8.38. The van der Waals surface area contributed by atoms with Crippen LogP contribution in [-0.2, 0) is 16.9 Å². The number of hydrogen-bond donors (Lipinski definition) is 0. The molecule has 2 aliphatic rings.